The van der Waals surface area contributed by atoms with Gasteiger partial charge in [-0.25, -0.2) is 18.9 Å². The lowest BCUT2D eigenvalue weighted by atomic mass is 9.84. The van der Waals surface area contributed by atoms with Gasteiger partial charge in [-0.05, 0) is 24.0 Å². The zero-order valence-corrected chi connectivity index (χ0v) is 18.0. The van der Waals surface area contributed by atoms with Gasteiger partial charge in [-0.3, -0.25) is 0 Å². The van der Waals surface area contributed by atoms with Gasteiger partial charge in [0.05, 0.1) is 25.6 Å². The fourth-order valence-electron chi connectivity index (χ4n) is 3.85. The highest BCUT2D eigenvalue weighted by Crippen LogP contribution is 2.40. The maximum atomic E-state index is 14.6. The number of fused-ring (bicyclic) bond motifs is 2. The zero-order valence-electron chi connectivity index (χ0n) is 17.2. The van der Waals surface area contributed by atoms with Crippen LogP contribution in [0.25, 0.3) is 11.1 Å². The summed E-state index contributed by atoms with van der Waals surface area (Å²) < 4.78 is 42.1. The Balaban J connectivity index is 1.41. The van der Waals surface area contributed by atoms with E-state index in [2.05, 4.69) is 20.1 Å². The topological polar surface area (TPSA) is 113 Å². The molecule has 11 heteroatoms. The van der Waals surface area contributed by atoms with Crippen LogP contribution in [-0.4, -0.2) is 39.1 Å². The number of nitrogens with zero attached hydrogens (tertiary/aromatic N) is 3. The number of anilines is 1. The highest BCUT2D eigenvalue weighted by molar-refractivity contribution is 7.90. The second-order valence-corrected chi connectivity index (χ2v) is 8.58. The van der Waals surface area contributed by atoms with Crippen LogP contribution in [0.5, 0.6) is 11.8 Å². The predicted molar refractivity (Wildman–Crippen MR) is 114 cm³/mol. The van der Waals surface area contributed by atoms with Crippen LogP contribution in [0.1, 0.15) is 17.5 Å². The van der Waals surface area contributed by atoms with Crippen molar-refractivity contribution in [2.75, 3.05) is 19.0 Å². The van der Waals surface area contributed by atoms with Gasteiger partial charge >= 0.3 is 6.03 Å². The van der Waals surface area contributed by atoms with Gasteiger partial charge in [0.2, 0.25) is 5.88 Å². The first-order valence-electron chi connectivity index (χ1n) is 10.1. The molecule has 2 N–H and O–H groups in total. The number of benzene rings is 1. The predicted octanol–water partition coefficient (Wildman–Crippen LogP) is 2.82. The van der Waals surface area contributed by atoms with E-state index in [0.717, 1.165) is 36.6 Å². The lowest BCUT2D eigenvalue weighted by Gasteiger charge is -2.25. The maximum Gasteiger partial charge on any atom is 0.361 e. The van der Waals surface area contributed by atoms with Gasteiger partial charge in [-0.1, -0.05) is 12.1 Å². The van der Waals surface area contributed by atoms with Crippen molar-refractivity contribution in [2.45, 2.75) is 30.7 Å². The minimum Gasteiger partial charge on any atom is -0.588 e. The van der Waals surface area contributed by atoms with E-state index in [1.807, 2.05) is 6.07 Å². The molecule has 2 amide bonds. The molecule has 166 valence electrons. The van der Waals surface area contributed by atoms with Crippen molar-refractivity contribution in [3.8, 4) is 22.9 Å². The molecule has 0 radical (unpaired) electrons. The molecule has 1 aliphatic carbocycles. The molecule has 1 unspecified atom stereocenters. The number of methoxy groups -OCH3 is 1. The number of hydrogen-bond acceptors (Lipinski definition) is 6. The minimum absolute atomic E-state index is 0.252. The molecule has 0 spiro atoms. The number of halogens is 1. The van der Waals surface area contributed by atoms with E-state index in [0.29, 0.717) is 35.2 Å². The number of rotatable bonds is 5. The normalized spacial score (nSPS) is 15.0. The molecule has 1 aliphatic heterocycles. The van der Waals surface area contributed by atoms with Crippen LogP contribution in [-0.2, 0) is 30.7 Å². The van der Waals surface area contributed by atoms with Crippen LogP contribution in [0.3, 0.4) is 0 Å². The fraction of sp³-hybridized carbons (Fsp3) is 0.286. The summed E-state index contributed by atoms with van der Waals surface area (Å²) in [6.07, 6.45) is 4.94. The summed E-state index contributed by atoms with van der Waals surface area (Å²) in [6, 6.07) is 4.47. The Morgan fingerprint density at radius 1 is 1.31 bits per heavy atom. The van der Waals surface area contributed by atoms with Gasteiger partial charge in [0.25, 0.3) is 10.8 Å². The van der Waals surface area contributed by atoms with E-state index in [-0.39, 0.29) is 11.4 Å². The molecule has 32 heavy (non-hydrogen) atoms. The third kappa shape index (κ3) is 3.63. The Morgan fingerprint density at radius 3 is 2.97 bits per heavy atom. The number of nitrogens with one attached hydrogen (secondary N) is 2. The molecule has 1 atom stereocenters. The third-order valence-corrected chi connectivity index (χ3v) is 6.57. The summed E-state index contributed by atoms with van der Waals surface area (Å²) in [5, 5.41) is 6.92. The van der Waals surface area contributed by atoms with Crippen molar-refractivity contribution in [1.82, 2.24) is 19.5 Å². The highest BCUT2D eigenvalue weighted by atomic mass is 32.2. The van der Waals surface area contributed by atoms with Crippen LogP contribution >= 0.6 is 0 Å². The average Bonchev–Trinajstić information content (AvgIpc) is 3.20. The first kappa shape index (κ1) is 20.6. The Hall–Kier alpha value is -3.31. The highest BCUT2D eigenvalue weighted by Gasteiger charge is 2.29. The monoisotopic (exact) mass is 457 g/mol. The molecule has 0 bridgehead atoms. The Morgan fingerprint density at radius 2 is 2.19 bits per heavy atom. The number of aromatic nitrogens is 3. The van der Waals surface area contributed by atoms with Gasteiger partial charge in [-0.15, -0.1) is 4.72 Å². The van der Waals surface area contributed by atoms with Crippen LogP contribution in [0.4, 0.5) is 14.9 Å². The molecule has 0 saturated heterocycles. The number of amides is 2. The summed E-state index contributed by atoms with van der Waals surface area (Å²) in [4.78, 5) is 16.9. The van der Waals surface area contributed by atoms with Crippen molar-refractivity contribution < 1.29 is 23.2 Å². The second kappa shape index (κ2) is 8.32. The summed E-state index contributed by atoms with van der Waals surface area (Å²) >= 11 is -1.87. The molecule has 9 nitrogen and oxygen atoms in total. The van der Waals surface area contributed by atoms with Crippen LogP contribution in [0, 0.1) is 5.82 Å². The van der Waals surface area contributed by atoms with E-state index in [9.17, 15) is 13.7 Å². The lowest BCUT2D eigenvalue weighted by Crippen LogP contribution is -2.35. The second-order valence-electron chi connectivity index (χ2n) is 7.40. The quantitative estimate of drug-likeness (QED) is 0.570. The number of aryl methyl sites for hydroxylation is 2. The maximum absolute atomic E-state index is 14.6. The van der Waals surface area contributed by atoms with Gasteiger partial charge < -0.3 is 19.3 Å². The summed E-state index contributed by atoms with van der Waals surface area (Å²) in [6.45, 7) is 1.17. The number of pyridine rings is 1. The standard InChI is InChI=1S/C21H20FN5O4S/c1-30-18-9-15(16(22)10-23-18)14-6-4-12-3-5-13(12)19(14)25-21(28)26-32(29)17-11-24-27-7-2-8-31-20(17)27/h4,6,9-11H,2-3,5,7-8H2,1H3,(H2,25,26,28). The van der Waals surface area contributed by atoms with Crippen molar-refractivity contribution in [3.05, 3.63) is 47.5 Å². The van der Waals surface area contributed by atoms with Gasteiger partial charge in [0.15, 0.2) is 0 Å². The average molecular weight is 457 g/mol. The fourth-order valence-corrected chi connectivity index (χ4v) is 4.64. The summed E-state index contributed by atoms with van der Waals surface area (Å²) in [7, 11) is 1.45. The van der Waals surface area contributed by atoms with Crippen LogP contribution in [0.15, 0.2) is 35.5 Å². The summed E-state index contributed by atoms with van der Waals surface area (Å²) in [5.41, 5.74) is 3.22. The van der Waals surface area contributed by atoms with E-state index < -0.39 is 23.2 Å². The van der Waals surface area contributed by atoms with Crippen molar-refractivity contribution in [3.63, 3.8) is 0 Å². The molecule has 2 aromatic heterocycles. The number of carbonyl (C=O) groups excluding carboxylic acids is 1. The molecule has 0 saturated carbocycles. The molecular weight excluding hydrogens is 437 g/mol. The third-order valence-electron chi connectivity index (χ3n) is 5.52. The van der Waals surface area contributed by atoms with E-state index in [1.165, 1.54) is 19.4 Å². The number of carbonyl (C=O) groups is 1. The van der Waals surface area contributed by atoms with Gasteiger partial charge in [0, 0.05) is 30.2 Å². The molecule has 3 aromatic rings. The molecule has 0 fully saturated rings. The van der Waals surface area contributed by atoms with Gasteiger partial charge in [-0.2, -0.15) is 5.10 Å². The van der Waals surface area contributed by atoms with E-state index >= 15 is 0 Å². The molecular formula is C21H20FN5O4S. The van der Waals surface area contributed by atoms with Crippen molar-refractivity contribution in [1.29, 1.82) is 0 Å². The lowest BCUT2D eigenvalue weighted by molar-refractivity contribution is 0.224. The van der Waals surface area contributed by atoms with Crippen molar-refractivity contribution in [2.24, 2.45) is 0 Å². The van der Waals surface area contributed by atoms with E-state index in [4.69, 9.17) is 9.47 Å². The SMILES string of the molecule is COc1cc(-c2ccc3c(c2NC(=O)N[S+]([O-])c2cnn4c2OCCC4)CC3)c(F)cn1. The summed E-state index contributed by atoms with van der Waals surface area (Å²) in [5.74, 6) is 0.109. The van der Waals surface area contributed by atoms with Crippen LogP contribution in [0.2, 0.25) is 0 Å². The largest absolute Gasteiger partial charge is 0.588 e. The zero-order chi connectivity index (χ0) is 22.2. The molecule has 5 rings (SSSR count). The molecule has 1 aromatic carbocycles. The van der Waals surface area contributed by atoms with Crippen LogP contribution < -0.4 is 19.5 Å². The minimum atomic E-state index is -1.87. The smallest absolute Gasteiger partial charge is 0.361 e. The first-order chi connectivity index (χ1) is 15.5. The van der Waals surface area contributed by atoms with E-state index in [1.54, 1.807) is 10.7 Å². The number of hydrogen-bond donors (Lipinski definition) is 2. The number of ether oxygens (including phenoxy) is 2. The number of urea groups is 1. The Bertz CT molecular complexity index is 1200. The first-order valence-corrected chi connectivity index (χ1v) is 11.2. The van der Waals surface area contributed by atoms with Crippen molar-refractivity contribution >= 4 is 23.1 Å². The molecule has 3 heterocycles. The van der Waals surface area contributed by atoms with Gasteiger partial charge in [0.1, 0.15) is 23.4 Å². The molecule has 2 aliphatic rings. The Kier molecular flexibility index (Phi) is 5.35. The Labute approximate surface area is 186 Å².